The molecule has 2 heterocycles. The van der Waals surface area contributed by atoms with Gasteiger partial charge in [0.25, 0.3) is 5.56 Å². The fourth-order valence-corrected chi connectivity index (χ4v) is 3.65. The van der Waals surface area contributed by atoms with E-state index in [9.17, 15) is 10.1 Å². The maximum atomic E-state index is 12.6. The molecule has 5 heteroatoms. The van der Waals surface area contributed by atoms with E-state index in [0.29, 0.717) is 5.56 Å². The Hall–Kier alpha value is -2.42. The van der Waals surface area contributed by atoms with Crippen LogP contribution in [0.5, 0.6) is 0 Å². The summed E-state index contributed by atoms with van der Waals surface area (Å²) in [4.78, 5) is 20.4. The highest BCUT2D eigenvalue weighted by Gasteiger charge is 2.28. The van der Waals surface area contributed by atoms with Crippen LogP contribution < -0.4 is 5.56 Å². The minimum absolute atomic E-state index is 0.179. The lowest BCUT2D eigenvalue weighted by atomic mass is 9.85. The van der Waals surface area contributed by atoms with Gasteiger partial charge in [-0.25, -0.2) is 0 Å². The Morgan fingerprint density at radius 3 is 2.37 bits per heavy atom. The molecule has 1 aliphatic rings. The van der Waals surface area contributed by atoms with Gasteiger partial charge in [-0.3, -0.25) is 9.69 Å². The first-order valence-corrected chi connectivity index (χ1v) is 9.46. The number of likely N-dealkylation sites (N-methyl/N-ethyl adjacent to an activating group) is 1. The zero-order chi connectivity index (χ0) is 19.6. The number of aromatic nitrogens is 1. The molecule has 0 aliphatic carbocycles. The van der Waals surface area contributed by atoms with E-state index in [1.165, 1.54) is 0 Å². The van der Waals surface area contributed by atoms with Crippen molar-refractivity contribution in [1.29, 1.82) is 5.26 Å². The number of hydrogen-bond donors (Lipinski definition) is 1. The van der Waals surface area contributed by atoms with Crippen molar-refractivity contribution >= 4 is 0 Å². The number of aromatic amines is 1. The van der Waals surface area contributed by atoms with Crippen LogP contribution in [-0.4, -0.2) is 54.6 Å². The van der Waals surface area contributed by atoms with Gasteiger partial charge in [-0.15, -0.1) is 0 Å². The van der Waals surface area contributed by atoms with Crippen LogP contribution in [0.2, 0.25) is 0 Å². The SMILES string of the molecule is Cc1ccc(-c2cc(C(C)(C)CN3CCN(C)CC3)[nH]c(=O)c2C#N)cc1. The molecule has 1 saturated heterocycles. The first-order chi connectivity index (χ1) is 12.8. The Labute approximate surface area is 161 Å². The largest absolute Gasteiger partial charge is 0.324 e. The van der Waals surface area contributed by atoms with E-state index < -0.39 is 0 Å². The number of hydrogen-bond acceptors (Lipinski definition) is 4. The molecular weight excluding hydrogens is 336 g/mol. The third-order valence-corrected chi connectivity index (χ3v) is 5.45. The summed E-state index contributed by atoms with van der Waals surface area (Å²) >= 11 is 0. The van der Waals surface area contributed by atoms with Gasteiger partial charge in [0, 0.05) is 49.4 Å². The van der Waals surface area contributed by atoms with Crippen molar-refractivity contribution < 1.29 is 0 Å². The van der Waals surface area contributed by atoms with Gasteiger partial charge in [-0.2, -0.15) is 5.26 Å². The van der Waals surface area contributed by atoms with Crippen molar-refractivity contribution in [2.24, 2.45) is 0 Å². The zero-order valence-corrected chi connectivity index (χ0v) is 16.7. The fraction of sp³-hybridized carbons (Fsp3) is 0.455. The summed E-state index contributed by atoms with van der Waals surface area (Å²) < 4.78 is 0. The summed E-state index contributed by atoms with van der Waals surface area (Å²) in [7, 11) is 2.15. The van der Waals surface area contributed by atoms with Gasteiger partial charge in [0.15, 0.2) is 0 Å². The molecule has 142 valence electrons. The molecule has 0 radical (unpaired) electrons. The van der Waals surface area contributed by atoms with E-state index in [2.05, 4.69) is 41.7 Å². The molecule has 3 rings (SSSR count). The van der Waals surface area contributed by atoms with Crippen LogP contribution in [0.15, 0.2) is 35.1 Å². The number of nitrogens with one attached hydrogen (secondary N) is 1. The lowest BCUT2D eigenvalue weighted by Gasteiger charge is -2.37. The van der Waals surface area contributed by atoms with Gasteiger partial charge >= 0.3 is 0 Å². The summed E-state index contributed by atoms with van der Waals surface area (Å²) in [6, 6.07) is 12.0. The lowest BCUT2D eigenvalue weighted by molar-refractivity contribution is 0.132. The number of rotatable bonds is 4. The average molecular weight is 364 g/mol. The fourth-order valence-electron chi connectivity index (χ4n) is 3.65. The predicted octanol–water partition coefficient (Wildman–Crippen LogP) is 2.75. The molecule has 1 fully saturated rings. The second-order valence-electron chi connectivity index (χ2n) is 8.24. The highest BCUT2D eigenvalue weighted by molar-refractivity contribution is 5.70. The summed E-state index contributed by atoms with van der Waals surface area (Å²) in [5.41, 5.74) is 3.29. The second-order valence-corrected chi connectivity index (χ2v) is 8.24. The molecule has 5 nitrogen and oxygen atoms in total. The number of nitriles is 1. The molecule has 0 unspecified atom stereocenters. The van der Waals surface area contributed by atoms with Gasteiger partial charge in [0.2, 0.25) is 0 Å². The van der Waals surface area contributed by atoms with Gasteiger partial charge in [0.1, 0.15) is 11.6 Å². The minimum Gasteiger partial charge on any atom is -0.324 e. The molecule has 0 spiro atoms. The van der Waals surface area contributed by atoms with Gasteiger partial charge in [-0.05, 0) is 25.6 Å². The molecule has 0 bridgehead atoms. The maximum Gasteiger partial charge on any atom is 0.266 e. The Morgan fingerprint density at radius 2 is 1.78 bits per heavy atom. The number of nitrogens with zero attached hydrogens (tertiary/aromatic N) is 3. The number of benzene rings is 1. The second kappa shape index (κ2) is 7.67. The minimum atomic E-state index is -0.308. The van der Waals surface area contributed by atoms with Gasteiger partial charge in [0.05, 0.1) is 0 Å². The number of pyridine rings is 1. The Bertz CT molecular complexity index is 897. The van der Waals surface area contributed by atoms with Crippen molar-refractivity contribution in [1.82, 2.24) is 14.8 Å². The van der Waals surface area contributed by atoms with Crippen LogP contribution in [0, 0.1) is 18.3 Å². The lowest BCUT2D eigenvalue weighted by Crippen LogP contribution is -2.48. The third-order valence-electron chi connectivity index (χ3n) is 5.45. The topological polar surface area (TPSA) is 63.1 Å². The Morgan fingerprint density at radius 1 is 1.15 bits per heavy atom. The van der Waals surface area contributed by atoms with E-state index in [1.54, 1.807) is 0 Å². The van der Waals surface area contributed by atoms with Crippen LogP contribution in [0.1, 0.15) is 30.7 Å². The summed E-state index contributed by atoms with van der Waals surface area (Å²) in [6.07, 6.45) is 0. The normalized spacial score (nSPS) is 16.3. The highest BCUT2D eigenvalue weighted by atomic mass is 16.1. The molecule has 1 aromatic carbocycles. The van der Waals surface area contributed by atoms with Crippen LogP contribution in [0.4, 0.5) is 0 Å². The van der Waals surface area contributed by atoms with E-state index >= 15 is 0 Å². The smallest absolute Gasteiger partial charge is 0.266 e. The van der Waals surface area contributed by atoms with E-state index in [4.69, 9.17) is 0 Å². The molecule has 0 amide bonds. The Kier molecular flexibility index (Phi) is 5.50. The van der Waals surface area contributed by atoms with E-state index in [0.717, 1.165) is 49.5 Å². The van der Waals surface area contributed by atoms with Crippen LogP contribution >= 0.6 is 0 Å². The third kappa shape index (κ3) is 4.29. The monoisotopic (exact) mass is 364 g/mol. The summed E-state index contributed by atoms with van der Waals surface area (Å²) in [5.74, 6) is 0. The number of piperazine rings is 1. The van der Waals surface area contributed by atoms with Gasteiger partial charge in [-0.1, -0.05) is 43.7 Å². The molecule has 1 N–H and O–H groups in total. The summed E-state index contributed by atoms with van der Waals surface area (Å²) in [5, 5.41) is 9.51. The van der Waals surface area contributed by atoms with E-state index in [-0.39, 0.29) is 16.5 Å². The van der Waals surface area contributed by atoms with Crippen LogP contribution in [-0.2, 0) is 5.41 Å². The number of aryl methyl sites for hydroxylation is 1. The standard InChI is InChI=1S/C22H28N4O/c1-16-5-7-17(8-6-16)18-13-20(24-21(27)19(18)14-23)22(2,3)15-26-11-9-25(4)10-12-26/h5-8,13H,9-12,15H2,1-4H3,(H,24,27). The predicted molar refractivity (Wildman–Crippen MR) is 109 cm³/mol. The molecule has 1 aromatic heterocycles. The quantitative estimate of drug-likeness (QED) is 0.906. The van der Waals surface area contributed by atoms with Crippen LogP contribution in [0.25, 0.3) is 11.1 Å². The van der Waals surface area contributed by atoms with E-state index in [1.807, 2.05) is 37.3 Å². The molecule has 2 aromatic rings. The Balaban J connectivity index is 1.97. The van der Waals surface area contributed by atoms with Crippen molar-refractivity contribution in [2.75, 3.05) is 39.8 Å². The van der Waals surface area contributed by atoms with Gasteiger partial charge < -0.3 is 9.88 Å². The highest BCUT2D eigenvalue weighted by Crippen LogP contribution is 2.28. The molecule has 27 heavy (non-hydrogen) atoms. The van der Waals surface area contributed by atoms with Crippen molar-refractivity contribution in [3.63, 3.8) is 0 Å². The van der Waals surface area contributed by atoms with Crippen molar-refractivity contribution in [3.05, 3.63) is 57.5 Å². The summed E-state index contributed by atoms with van der Waals surface area (Å²) in [6.45, 7) is 11.4. The first-order valence-electron chi connectivity index (χ1n) is 9.46. The number of H-pyrrole nitrogens is 1. The molecule has 1 aliphatic heterocycles. The van der Waals surface area contributed by atoms with Crippen molar-refractivity contribution in [3.8, 4) is 17.2 Å². The molecular formula is C22H28N4O. The first kappa shape index (κ1) is 19.3. The zero-order valence-electron chi connectivity index (χ0n) is 16.7. The van der Waals surface area contributed by atoms with Crippen LogP contribution in [0.3, 0.4) is 0 Å². The average Bonchev–Trinajstić information content (AvgIpc) is 2.63. The molecule has 0 saturated carbocycles. The van der Waals surface area contributed by atoms with Crippen molar-refractivity contribution in [2.45, 2.75) is 26.2 Å². The molecule has 0 atom stereocenters. The maximum absolute atomic E-state index is 12.6.